The van der Waals surface area contributed by atoms with Crippen molar-refractivity contribution in [2.45, 2.75) is 0 Å². The minimum absolute atomic E-state index is 0.597. The summed E-state index contributed by atoms with van der Waals surface area (Å²) in [5.41, 5.74) is 7.79. The van der Waals surface area contributed by atoms with E-state index in [1.165, 1.54) is 42.0 Å². The van der Waals surface area contributed by atoms with Crippen molar-refractivity contribution in [3.8, 4) is 39.9 Å². The Morgan fingerprint density at radius 3 is 1.84 bits per heavy atom. The molecule has 51 heavy (non-hydrogen) atoms. The molecule has 6 heteroatoms. The van der Waals surface area contributed by atoms with Crippen LogP contribution in [0.15, 0.2) is 162 Å². The van der Waals surface area contributed by atoms with Crippen molar-refractivity contribution in [2.24, 2.45) is 0 Å². The highest BCUT2D eigenvalue weighted by molar-refractivity contribution is 7.26. The molecule has 0 bridgehead atoms. The zero-order valence-electron chi connectivity index (χ0n) is 27.1. The molecule has 4 aromatic heterocycles. The SMILES string of the molecule is c1ccc(-c2nc(-c3ccccc3)nc(-c3ccc4c(c3)oc3cccc(-n5c6ccccc6c6c7sc8ccccc8c7ccc65)c34)n2)cc1. The standard InChI is InChI=1S/C45H26N4OS/c1-3-12-27(13-4-1)43-46-44(28-14-5-2-6-15-28)48-45(47-43)29-22-23-33-38(26-29)50-37-20-11-19-35(40(33)37)49-34-18-9-7-17-32(34)41-36(49)25-24-31-30-16-8-10-21-39(30)51-42(31)41/h1-26H. The molecule has 0 spiro atoms. The highest BCUT2D eigenvalue weighted by Gasteiger charge is 2.21. The Bertz CT molecular complexity index is 3080. The maximum absolute atomic E-state index is 6.63. The first-order valence-corrected chi connectivity index (χ1v) is 17.8. The number of hydrogen-bond donors (Lipinski definition) is 0. The van der Waals surface area contributed by atoms with Crippen LogP contribution in [-0.4, -0.2) is 19.5 Å². The summed E-state index contributed by atoms with van der Waals surface area (Å²) >= 11 is 1.87. The number of furan rings is 1. The first kappa shape index (κ1) is 28.2. The summed E-state index contributed by atoms with van der Waals surface area (Å²) in [6.07, 6.45) is 0. The monoisotopic (exact) mass is 670 g/mol. The second-order valence-corrected chi connectivity index (χ2v) is 13.8. The molecule has 0 N–H and O–H groups in total. The summed E-state index contributed by atoms with van der Waals surface area (Å²) in [6, 6.07) is 54.8. The quantitative estimate of drug-likeness (QED) is 0.187. The van der Waals surface area contributed by atoms with Gasteiger partial charge < -0.3 is 8.98 Å². The molecule has 4 heterocycles. The van der Waals surface area contributed by atoms with Crippen molar-refractivity contribution < 1.29 is 4.42 Å². The van der Waals surface area contributed by atoms with Gasteiger partial charge in [-0.3, -0.25) is 0 Å². The van der Waals surface area contributed by atoms with E-state index in [0.717, 1.165) is 44.3 Å². The third-order valence-electron chi connectivity index (χ3n) is 9.85. The Morgan fingerprint density at radius 1 is 0.431 bits per heavy atom. The first-order valence-electron chi connectivity index (χ1n) is 16.9. The zero-order valence-corrected chi connectivity index (χ0v) is 27.9. The molecule has 0 aliphatic heterocycles. The van der Waals surface area contributed by atoms with E-state index >= 15 is 0 Å². The minimum Gasteiger partial charge on any atom is -0.456 e. The average molecular weight is 671 g/mol. The molecule has 0 amide bonds. The predicted octanol–water partition coefficient (Wildman–Crippen LogP) is 12.2. The van der Waals surface area contributed by atoms with Crippen LogP contribution in [0.1, 0.15) is 0 Å². The molecule has 0 atom stereocenters. The van der Waals surface area contributed by atoms with Gasteiger partial charge in [-0.15, -0.1) is 11.3 Å². The van der Waals surface area contributed by atoms with E-state index in [2.05, 4.69) is 102 Å². The maximum Gasteiger partial charge on any atom is 0.164 e. The van der Waals surface area contributed by atoms with Crippen molar-refractivity contribution >= 4 is 75.3 Å². The first-order chi connectivity index (χ1) is 25.3. The Balaban J connectivity index is 1.13. The Hall–Kier alpha value is -6.63. The molecule has 0 fully saturated rings. The fourth-order valence-electron chi connectivity index (χ4n) is 7.56. The fourth-order valence-corrected chi connectivity index (χ4v) is 8.82. The van der Waals surface area contributed by atoms with Crippen LogP contribution >= 0.6 is 11.3 Å². The lowest BCUT2D eigenvalue weighted by atomic mass is 10.1. The lowest BCUT2D eigenvalue weighted by Crippen LogP contribution is -2.00. The van der Waals surface area contributed by atoms with Crippen molar-refractivity contribution in [3.05, 3.63) is 158 Å². The number of thiophene rings is 1. The highest BCUT2D eigenvalue weighted by Crippen LogP contribution is 2.45. The molecular formula is C45H26N4OS. The third-order valence-corrected chi connectivity index (χ3v) is 11.1. The molecule has 7 aromatic carbocycles. The topological polar surface area (TPSA) is 56.7 Å². The van der Waals surface area contributed by atoms with E-state index in [1.54, 1.807) is 0 Å². The third kappa shape index (κ3) is 4.30. The van der Waals surface area contributed by atoms with E-state index in [-0.39, 0.29) is 0 Å². The molecule has 0 radical (unpaired) electrons. The Kier molecular flexibility index (Phi) is 6.05. The van der Waals surface area contributed by atoms with Crippen LogP contribution in [0.2, 0.25) is 0 Å². The van der Waals surface area contributed by atoms with Gasteiger partial charge in [-0.2, -0.15) is 0 Å². The second kappa shape index (κ2) is 10.9. The number of para-hydroxylation sites is 1. The number of nitrogens with zero attached hydrogens (tertiary/aromatic N) is 4. The normalized spacial score (nSPS) is 11.9. The van der Waals surface area contributed by atoms with E-state index < -0.39 is 0 Å². The van der Waals surface area contributed by atoms with Crippen molar-refractivity contribution in [1.29, 1.82) is 0 Å². The fraction of sp³-hybridized carbons (Fsp3) is 0. The number of aromatic nitrogens is 4. The van der Waals surface area contributed by atoms with Gasteiger partial charge >= 0.3 is 0 Å². The molecular weight excluding hydrogens is 645 g/mol. The van der Waals surface area contributed by atoms with Crippen LogP contribution in [0.3, 0.4) is 0 Å². The Morgan fingerprint density at radius 2 is 1.08 bits per heavy atom. The summed E-state index contributed by atoms with van der Waals surface area (Å²) < 4.78 is 11.7. The highest BCUT2D eigenvalue weighted by atomic mass is 32.1. The average Bonchev–Trinajstić information content (AvgIpc) is 3.87. The molecule has 0 saturated carbocycles. The van der Waals surface area contributed by atoms with Crippen LogP contribution in [0.5, 0.6) is 0 Å². The lowest BCUT2D eigenvalue weighted by molar-refractivity contribution is 0.669. The summed E-state index contributed by atoms with van der Waals surface area (Å²) in [7, 11) is 0. The molecule has 0 aliphatic carbocycles. The van der Waals surface area contributed by atoms with Crippen LogP contribution in [-0.2, 0) is 0 Å². The summed E-state index contributed by atoms with van der Waals surface area (Å²) in [5.74, 6) is 1.86. The predicted molar refractivity (Wildman–Crippen MR) is 211 cm³/mol. The van der Waals surface area contributed by atoms with Gasteiger partial charge in [0.15, 0.2) is 17.5 Å². The maximum atomic E-state index is 6.63. The molecule has 11 aromatic rings. The summed E-state index contributed by atoms with van der Waals surface area (Å²) in [4.78, 5) is 14.8. The van der Waals surface area contributed by atoms with Crippen molar-refractivity contribution in [3.63, 3.8) is 0 Å². The second-order valence-electron chi connectivity index (χ2n) is 12.8. The van der Waals surface area contributed by atoms with Crippen LogP contribution < -0.4 is 0 Å². The number of benzene rings is 7. The molecule has 0 saturated heterocycles. The van der Waals surface area contributed by atoms with Gasteiger partial charge in [-0.1, -0.05) is 115 Å². The van der Waals surface area contributed by atoms with E-state index in [0.29, 0.717) is 17.5 Å². The molecule has 0 aliphatic rings. The van der Waals surface area contributed by atoms with Gasteiger partial charge in [-0.05, 0) is 42.5 Å². The van der Waals surface area contributed by atoms with Gasteiger partial charge in [0.2, 0.25) is 0 Å². The lowest BCUT2D eigenvalue weighted by Gasteiger charge is -2.10. The summed E-state index contributed by atoms with van der Waals surface area (Å²) in [6.45, 7) is 0. The van der Waals surface area contributed by atoms with Crippen molar-refractivity contribution in [2.75, 3.05) is 0 Å². The number of fused-ring (bicyclic) bond motifs is 10. The van der Waals surface area contributed by atoms with Crippen molar-refractivity contribution in [1.82, 2.24) is 19.5 Å². The van der Waals surface area contributed by atoms with E-state index in [4.69, 9.17) is 19.4 Å². The summed E-state index contributed by atoms with van der Waals surface area (Å²) in [5, 5.41) is 7.25. The smallest absolute Gasteiger partial charge is 0.164 e. The van der Waals surface area contributed by atoms with Crippen LogP contribution in [0.4, 0.5) is 0 Å². The van der Waals surface area contributed by atoms with Gasteiger partial charge in [0.1, 0.15) is 11.2 Å². The molecule has 0 unspecified atom stereocenters. The van der Waals surface area contributed by atoms with E-state index in [9.17, 15) is 0 Å². The minimum atomic E-state index is 0.597. The Labute approximate surface area is 295 Å². The van der Waals surface area contributed by atoms with Gasteiger partial charge in [0.05, 0.1) is 22.1 Å². The largest absolute Gasteiger partial charge is 0.456 e. The molecule has 238 valence electrons. The van der Waals surface area contributed by atoms with Gasteiger partial charge in [0.25, 0.3) is 0 Å². The van der Waals surface area contributed by atoms with Crippen LogP contribution in [0, 0.1) is 0 Å². The number of rotatable bonds is 4. The van der Waals surface area contributed by atoms with Crippen LogP contribution in [0.25, 0.3) is 104 Å². The molecule has 5 nitrogen and oxygen atoms in total. The zero-order chi connectivity index (χ0) is 33.5. The van der Waals surface area contributed by atoms with E-state index in [1.807, 2.05) is 72.0 Å². The molecule has 11 rings (SSSR count). The van der Waals surface area contributed by atoms with Gasteiger partial charge in [-0.25, -0.2) is 15.0 Å². The van der Waals surface area contributed by atoms with Gasteiger partial charge in [0, 0.05) is 53.0 Å². The number of hydrogen-bond acceptors (Lipinski definition) is 5.